The molecule has 9 atom stereocenters. The van der Waals surface area contributed by atoms with Crippen molar-refractivity contribution < 1.29 is 19.9 Å². The van der Waals surface area contributed by atoms with Gasteiger partial charge in [0.25, 0.3) is 5.91 Å². The molecule has 1 unspecified atom stereocenters. The van der Waals surface area contributed by atoms with Crippen molar-refractivity contribution in [3.8, 4) is 0 Å². The number of aliphatic hydroxyl groups is 1. The number of aliphatic hydroxyl groups excluding tert-OH is 1. The van der Waals surface area contributed by atoms with E-state index in [0.717, 1.165) is 56.4 Å². The van der Waals surface area contributed by atoms with E-state index in [1.165, 1.54) is 12.6 Å². The Balaban J connectivity index is 1.60. The van der Waals surface area contributed by atoms with Gasteiger partial charge in [-0.3, -0.25) is 14.8 Å². The van der Waals surface area contributed by atoms with Crippen molar-refractivity contribution in [2.45, 2.75) is 112 Å². The molecule has 5 nitrogen and oxygen atoms in total. The first-order valence-electron chi connectivity index (χ1n) is 14.4. The predicted octanol–water partition coefficient (Wildman–Crippen LogP) is 6.18. The number of hydrogen-bond donors (Lipinski definition) is 2. The van der Waals surface area contributed by atoms with E-state index in [-0.39, 0.29) is 56.7 Å². The highest BCUT2D eigenvalue weighted by molar-refractivity contribution is 5.95. The molecule has 0 saturated heterocycles. The standard InChI is InChI=1S/C31H49NO4/c1-26(2)22-9-12-31(7)24(29(22,5)11-10-23(26)34)21(33)17-19-20-18-28(4,25(35)32(8)36)14-13-27(20,3)15-16-30(19,31)6/h17,20,22-24,34,36H,9-16,18H2,1-8H3/t20-,22?,23+,24+,27+,28-,29-,30+,31+/m0/s1. The van der Waals surface area contributed by atoms with Crippen LogP contribution in [-0.4, -0.2) is 40.2 Å². The maximum absolute atomic E-state index is 14.3. The van der Waals surface area contributed by atoms with E-state index in [9.17, 15) is 19.9 Å². The number of nitrogens with zero attached hydrogens (tertiary/aromatic N) is 1. The molecule has 0 heterocycles. The lowest BCUT2D eigenvalue weighted by atomic mass is 9.33. The monoisotopic (exact) mass is 499 g/mol. The molecule has 5 aliphatic carbocycles. The van der Waals surface area contributed by atoms with Crippen molar-refractivity contribution in [3.05, 3.63) is 11.6 Å². The number of carbonyl (C=O) groups excluding carboxylic acids is 2. The minimum absolute atomic E-state index is 0.0335. The summed E-state index contributed by atoms with van der Waals surface area (Å²) < 4.78 is 0. The molecule has 202 valence electrons. The SMILES string of the molecule is CN(O)C(=O)[C@@]1(C)CC[C@]2(C)CC[C@]3(C)C(=CC(=O)[C@@H]4[C@@]5(C)CC[C@@H](O)C(C)(C)C5CC[C@]43C)[C@@H]2C1. The number of hydroxylamine groups is 2. The molecule has 0 bridgehead atoms. The second kappa shape index (κ2) is 7.68. The largest absolute Gasteiger partial charge is 0.393 e. The minimum Gasteiger partial charge on any atom is -0.393 e. The van der Waals surface area contributed by atoms with Gasteiger partial charge in [0.2, 0.25) is 0 Å². The summed E-state index contributed by atoms with van der Waals surface area (Å²) >= 11 is 0. The molecule has 0 aromatic heterocycles. The molecule has 1 amide bonds. The third-order valence-corrected chi connectivity index (χ3v) is 13.4. The summed E-state index contributed by atoms with van der Waals surface area (Å²) in [6, 6.07) is 0. The second-order valence-electron chi connectivity index (χ2n) is 15.5. The number of amides is 1. The normalized spacial score (nSPS) is 51.7. The van der Waals surface area contributed by atoms with Gasteiger partial charge in [-0.1, -0.05) is 54.0 Å². The van der Waals surface area contributed by atoms with Gasteiger partial charge in [-0.25, -0.2) is 5.06 Å². The van der Waals surface area contributed by atoms with Crippen molar-refractivity contribution >= 4 is 11.7 Å². The zero-order chi connectivity index (χ0) is 26.7. The van der Waals surface area contributed by atoms with E-state index in [1.807, 2.05) is 13.0 Å². The first-order valence-corrected chi connectivity index (χ1v) is 14.4. The molecule has 4 fully saturated rings. The molecule has 36 heavy (non-hydrogen) atoms. The Hall–Kier alpha value is -1.20. The fourth-order valence-corrected chi connectivity index (χ4v) is 10.8. The number of rotatable bonds is 1. The van der Waals surface area contributed by atoms with Gasteiger partial charge in [0.1, 0.15) is 0 Å². The number of hydrogen-bond acceptors (Lipinski definition) is 4. The van der Waals surface area contributed by atoms with Crippen molar-refractivity contribution in [3.63, 3.8) is 0 Å². The third-order valence-electron chi connectivity index (χ3n) is 13.4. The molecule has 0 spiro atoms. The van der Waals surface area contributed by atoms with Crippen LogP contribution in [0, 0.1) is 50.2 Å². The third kappa shape index (κ3) is 3.14. The van der Waals surface area contributed by atoms with Gasteiger partial charge in [0, 0.05) is 18.4 Å². The van der Waals surface area contributed by atoms with Crippen LogP contribution in [0.4, 0.5) is 0 Å². The maximum Gasteiger partial charge on any atom is 0.251 e. The average molecular weight is 500 g/mol. The highest BCUT2D eigenvalue weighted by Gasteiger charge is 2.70. The smallest absolute Gasteiger partial charge is 0.251 e. The summed E-state index contributed by atoms with van der Waals surface area (Å²) in [6.45, 7) is 16.0. The highest BCUT2D eigenvalue weighted by Crippen LogP contribution is 2.75. The molecule has 5 heteroatoms. The van der Waals surface area contributed by atoms with Gasteiger partial charge >= 0.3 is 0 Å². The van der Waals surface area contributed by atoms with Crippen LogP contribution < -0.4 is 0 Å². The average Bonchev–Trinajstić information content (AvgIpc) is 2.78. The second-order valence-corrected chi connectivity index (χ2v) is 15.5. The first-order chi connectivity index (χ1) is 16.5. The van der Waals surface area contributed by atoms with Crippen LogP contribution in [0.1, 0.15) is 106 Å². The molecule has 0 radical (unpaired) electrons. The number of carbonyl (C=O) groups is 2. The number of fused-ring (bicyclic) bond motifs is 7. The summed E-state index contributed by atoms with van der Waals surface area (Å²) in [7, 11) is 1.43. The minimum atomic E-state index is -0.610. The fraction of sp³-hybridized carbons (Fsp3) is 0.871. The topological polar surface area (TPSA) is 77.8 Å². The van der Waals surface area contributed by atoms with Gasteiger partial charge in [-0.2, -0.15) is 0 Å². The molecule has 5 aliphatic rings. The fourth-order valence-electron chi connectivity index (χ4n) is 10.8. The molecular formula is C31H49NO4. The van der Waals surface area contributed by atoms with E-state index in [2.05, 4.69) is 41.5 Å². The van der Waals surface area contributed by atoms with Gasteiger partial charge in [0.05, 0.1) is 6.10 Å². The van der Waals surface area contributed by atoms with E-state index >= 15 is 0 Å². The molecular weight excluding hydrogens is 450 g/mol. The van der Waals surface area contributed by atoms with Crippen LogP contribution in [0.3, 0.4) is 0 Å². The Morgan fingerprint density at radius 1 is 0.944 bits per heavy atom. The van der Waals surface area contributed by atoms with Crippen molar-refractivity contribution in [1.82, 2.24) is 5.06 Å². The van der Waals surface area contributed by atoms with Crippen LogP contribution >= 0.6 is 0 Å². The Morgan fingerprint density at radius 3 is 2.22 bits per heavy atom. The molecule has 0 aromatic carbocycles. The molecule has 0 aliphatic heterocycles. The lowest BCUT2D eigenvalue weighted by Gasteiger charge is -2.70. The Labute approximate surface area is 218 Å². The summed E-state index contributed by atoms with van der Waals surface area (Å²) in [4.78, 5) is 27.4. The highest BCUT2D eigenvalue weighted by atomic mass is 16.5. The molecule has 0 aromatic rings. The van der Waals surface area contributed by atoms with Gasteiger partial charge in [-0.15, -0.1) is 0 Å². The predicted molar refractivity (Wildman–Crippen MR) is 140 cm³/mol. The van der Waals surface area contributed by atoms with Crippen LogP contribution in [0.15, 0.2) is 11.6 Å². The van der Waals surface area contributed by atoms with E-state index in [1.54, 1.807) is 0 Å². The van der Waals surface area contributed by atoms with E-state index in [4.69, 9.17) is 0 Å². The van der Waals surface area contributed by atoms with Crippen LogP contribution in [-0.2, 0) is 9.59 Å². The summed E-state index contributed by atoms with van der Waals surface area (Å²) in [5, 5.41) is 21.7. The van der Waals surface area contributed by atoms with Crippen molar-refractivity contribution in [2.75, 3.05) is 7.05 Å². The number of allylic oxidation sites excluding steroid dienone is 2. The zero-order valence-corrected chi connectivity index (χ0v) is 23.9. The van der Waals surface area contributed by atoms with Gasteiger partial charge in [-0.05, 0) is 103 Å². The summed E-state index contributed by atoms with van der Waals surface area (Å²) in [6.07, 6.45) is 10.1. The first kappa shape index (κ1) is 26.4. The van der Waals surface area contributed by atoms with Crippen molar-refractivity contribution in [1.29, 1.82) is 0 Å². The zero-order valence-electron chi connectivity index (χ0n) is 23.9. The van der Waals surface area contributed by atoms with E-state index in [0.29, 0.717) is 12.3 Å². The van der Waals surface area contributed by atoms with E-state index < -0.39 is 5.41 Å². The Bertz CT molecular complexity index is 1020. The van der Waals surface area contributed by atoms with Crippen LogP contribution in [0.2, 0.25) is 0 Å². The van der Waals surface area contributed by atoms with Crippen molar-refractivity contribution in [2.24, 2.45) is 50.2 Å². The quantitative estimate of drug-likeness (QED) is 0.334. The Kier molecular flexibility index (Phi) is 5.64. The molecule has 2 N–H and O–H groups in total. The maximum atomic E-state index is 14.3. The van der Waals surface area contributed by atoms with Gasteiger partial charge in [0.15, 0.2) is 5.78 Å². The van der Waals surface area contributed by atoms with Crippen LogP contribution in [0.25, 0.3) is 0 Å². The van der Waals surface area contributed by atoms with Crippen LogP contribution in [0.5, 0.6) is 0 Å². The Morgan fingerprint density at radius 2 is 1.58 bits per heavy atom. The summed E-state index contributed by atoms with van der Waals surface area (Å²) in [5.41, 5.74) is 0.237. The molecule has 4 saturated carbocycles. The molecule has 5 rings (SSSR count). The lowest BCUT2D eigenvalue weighted by molar-refractivity contribution is -0.203. The summed E-state index contributed by atoms with van der Waals surface area (Å²) in [5.74, 6) is 0.551. The van der Waals surface area contributed by atoms with Gasteiger partial charge < -0.3 is 5.11 Å². The lowest BCUT2D eigenvalue weighted by Crippen LogP contribution is -2.66. The number of ketones is 1.